The molecule has 116 valence electrons. The van der Waals surface area contributed by atoms with Crippen LogP contribution < -0.4 is 11.2 Å². The number of aromatic amines is 1. The second kappa shape index (κ2) is 6.25. The van der Waals surface area contributed by atoms with E-state index in [1.807, 2.05) is 4.98 Å². The Kier molecular flexibility index (Phi) is 4.81. The number of nitrogens with zero attached hydrogens (tertiary/aromatic N) is 1. The second-order valence-electron chi connectivity index (χ2n) is 4.48. The van der Waals surface area contributed by atoms with E-state index in [1.54, 1.807) is 22.6 Å². The Morgan fingerprint density at radius 3 is 2.71 bits per heavy atom. The molecule has 1 aliphatic rings. The minimum Gasteiger partial charge on any atom is -0.463 e. The van der Waals surface area contributed by atoms with E-state index >= 15 is 0 Å². The lowest BCUT2D eigenvalue weighted by Gasteiger charge is -2.18. The molecule has 10 heteroatoms. The van der Waals surface area contributed by atoms with Crippen molar-refractivity contribution >= 4 is 28.6 Å². The van der Waals surface area contributed by atoms with Crippen molar-refractivity contribution in [3.8, 4) is 0 Å². The van der Waals surface area contributed by atoms with E-state index in [9.17, 15) is 24.6 Å². The van der Waals surface area contributed by atoms with Crippen LogP contribution in [0.2, 0.25) is 0 Å². The molecular weight excluding hydrogens is 399 g/mol. The standard InChI is InChI=1S/C11H13IN2O7/c1-4(15)20-3-5-8(17)9(18)10(21-5)14-6(12)2-7(16)13-11(14)19/h2,5,8-10,17-18H,3H2,1H3,(H,13,16,19)/t5-,8?,9?,10-/m1/s1. The van der Waals surface area contributed by atoms with Gasteiger partial charge in [0.1, 0.15) is 24.9 Å². The van der Waals surface area contributed by atoms with Crippen LogP contribution in [0.3, 0.4) is 0 Å². The molecule has 1 aromatic heterocycles. The highest BCUT2D eigenvalue weighted by atomic mass is 127. The summed E-state index contributed by atoms with van der Waals surface area (Å²) in [5.74, 6) is -0.556. The predicted molar refractivity (Wildman–Crippen MR) is 76.6 cm³/mol. The summed E-state index contributed by atoms with van der Waals surface area (Å²) < 4.78 is 11.4. The molecule has 1 saturated heterocycles. The van der Waals surface area contributed by atoms with Crippen LogP contribution in [0.4, 0.5) is 0 Å². The van der Waals surface area contributed by atoms with Gasteiger partial charge < -0.3 is 19.7 Å². The van der Waals surface area contributed by atoms with Gasteiger partial charge in [-0.3, -0.25) is 19.1 Å². The largest absolute Gasteiger partial charge is 0.463 e. The summed E-state index contributed by atoms with van der Waals surface area (Å²) in [6.45, 7) is 0.948. The summed E-state index contributed by atoms with van der Waals surface area (Å²) in [6, 6.07) is 1.16. The van der Waals surface area contributed by atoms with Crippen LogP contribution in [0.25, 0.3) is 0 Å². The zero-order chi connectivity index (χ0) is 15.7. The smallest absolute Gasteiger partial charge is 0.331 e. The van der Waals surface area contributed by atoms with Crippen LogP contribution in [0.15, 0.2) is 15.7 Å². The Balaban J connectivity index is 2.28. The SMILES string of the molecule is CC(=O)OC[C@H]1O[C@@H](n2c(I)cc(=O)[nH]c2=O)C(O)C1O. The van der Waals surface area contributed by atoms with Crippen molar-refractivity contribution in [2.75, 3.05) is 6.61 Å². The van der Waals surface area contributed by atoms with Gasteiger partial charge in [0, 0.05) is 13.0 Å². The van der Waals surface area contributed by atoms with Gasteiger partial charge in [0.05, 0.1) is 3.70 Å². The maximum Gasteiger partial charge on any atom is 0.331 e. The monoisotopic (exact) mass is 412 g/mol. The molecule has 4 atom stereocenters. The van der Waals surface area contributed by atoms with Crippen molar-refractivity contribution in [2.45, 2.75) is 31.5 Å². The van der Waals surface area contributed by atoms with Gasteiger partial charge in [-0.1, -0.05) is 0 Å². The lowest BCUT2D eigenvalue weighted by molar-refractivity contribution is -0.147. The van der Waals surface area contributed by atoms with Crippen LogP contribution in [0, 0.1) is 3.70 Å². The molecule has 9 nitrogen and oxygen atoms in total. The Labute approximate surface area is 131 Å². The molecule has 1 aliphatic heterocycles. The number of ether oxygens (including phenoxy) is 2. The molecule has 2 unspecified atom stereocenters. The van der Waals surface area contributed by atoms with E-state index in [2.05, 4.69) is 0 Å². The van der Waals surface area contributed by atoms with Crippen LogP contribution >= 0.6 is 22.6 Å². The first-order chi connectivity index (χ1) is 9.81. The second-order valence-corrected chi connectivity index (χ2v) is 5.59. The summed E-state index contributed by atoms with van der Waals surface area (Å²) in [7, 11) is 0. The molecule has 0 aliphatic carbocycles. The number of carbonyl (C=O) groups excluding carboxylic acids is 1. The highest BCUT2D eigenvalue weighted by molar-refractivity contribution is 14.1. The van der Waals surface area contributed by atoms with Gasteiger partial charge in [0.2, 0.25) is 0 Å². The molecule has 0 spiro atoms. The molecule has 1 fully saturated rings. The fourth-order valence-corrected chi connectivity index (χ4v) is 2.77. The number of halogens is 1. The fraction of sp³-hybridized carbons (Fsp3) is 0.545. The Hall–Kier alpha value is -1.24. The maximum atomic E-state index is 11.8. The van der Waals surface area contributed by atoms with Crippen molar-refractivity contribution in [2.24, 2.45) is 0 Å². The molecule has 0 amide bonds. The molecule has 0 saturated carbocycles. The van der Waals surface area contributed by atoms with Gasteiger partial charge in [-0.15, -0.1) is 0 Å². The van der Waals surface area contributed by atoms with E-state index in [1.165, 1.54) is 6.92 Å². The van der Waals surface area contributed by atoms with E-state index in [0.29, 0.717) is 0 Å². The fourth-order valence-electron chi connectivity index (χ4n) is 1.99. The maximum absolute atomic E-state index is 11.8. The Morgan fingerprint density at radius 2 is 2.14 bits per heavy atom. The highest BCUT2D eigenvalue weighted by Gasteiger charge is 2.45. The number of aliphatic hydroxyl groups is 2. The average Bonchev–Trinajstić information content (AvgIpc) is 2.63. The summed E-state index contributed by atoms with van der Waals surface area (Å²) in [6.07, 6.45) is -4.88. The molecule has 0 aromatic carbocycles. The number of hydrogen-bond acceptors (Lipinski definition) is 7. The van der Waals surface area contributed by atoms with Gasteiger partial charge in [-0.05, 0) is 22.6 Å². The van der Waals surface area contributed by atoms with E-state index in [-0.39, 0.29) is 10.3 Å². The number of H-pyrrole nitrogens is 1. The van der Waals surface area contributed by atoms with Gasteiger partial charge in [-0.25, -0.2) is 4.79 Å². The van der Waals surface area contributed by atoms with Gasteiger partial charge >= 0.3 is 11.7 Å². The number of hydrogen-bond donors (Lipinski definition) is 3. The minimum absolute atomic E-state index is 0.241. The van der Waals surface area contributed by atoms with Crippen LogP contribution in [0.1, 0.15) is 13.2 Å². The number of nitrogens with one attached hydrogen (secondary N) is 1. The lowest BCUT2D eigenvalue weighted by atomic mass is 10.1. The van der Waals surface area contributed by atoms with Crippen molar-refractivity contribution in [3.63, 3.8) is 0 Å². The molecule has 2 rings (SSSR count). The van der Waals surface area contributed by atoms with Gasteiger partial charge in [0.15, 0.2) is 6.23 Å². The lowest BCUT2D eigenvalue weighted by Crippen LogP contribution is -2.39. The Bertz CT molecular complexity index is 655. The minimum atomic E-state index is -1.40. The van der Waals surface area contributed by atoms with Crippen molar-refractivity contribution < 1.29 is 24.5 Å². The van der Waals surface area contributed by atoms with Crippen LogP contribution in [-0.2, 0) is 14.3 Å². The summed E-state index contributed by atoms with van der Waals surface area (Å²) in [4.78, 5) is 35.8. The number of rotatable bonds is 3. The molecule has 0 bridgehead atoms. The Morgan fingerprint density at radius 1 is 1.48 bits per heavy atom. The van der Waals surface area contributed by atoms with Crippen molar-refractivity contribution in [1.29, 1.82) is 0 Å². The first-order valence-corrected chi connectivity index (χ1v) is 7.05. The molecule has 2 heterocycles. The quantitative estimate of drug-likeness (QED) is 0.307. The zero-order valence-corrected chi connectivity index (χ0v) is 13.0. The molecule has 1 aromatic rings. The molecule has 0 radical (unpaired) electrons. The topological polar surface area (TPSA) is 131 Å². The van der Waals surface area contributed by atoms with Crippen LogP contribution in [-0.4, -0.2) is 50.7 Å². The normalized spacial score (nSPS) is 28.6. The number of aliphatic hydroxyl groups excluding tert-OH is 2. The summed E-state index contributed by atoms with van der Waals surface area (Å²) in [5, 5.41) is 19.9. The van der Waals surface area contributed by atoms with E-state index in [4.69, 9.17) is 9.47 Å². The highest BCUT2D eigenvalue weighted by Crippen LogP contribution is 2.29. The first kappa shape index (κ1) is 16.1. The van der Waals surface area contributed by atoms with E-state index < -0.39 is 41.8 Å². The van der Waals surface area contributed by atoms with Gasteiger partial charge in [0.25, 0.3) is 5.56 Å². The molecular formula is C11H13IN2O7. The summed E-state index contributed by atoms with van der Waals surface area (Å²) in [5.41, 5.74) is -1.35. The molecule has 21 heavy (non-hydrogen) atoms. The van der Waals surface area contributed by atoms with Crippen molar-refractivity contribution in [3.05, 3.63) is 30.6 Å². The third-order valence-corrected chi connectivity index (χ3v) is 3.80. The van der Waals surface area contributed by atoms with E-state index in [0.717, 1.165) is 10.6 Å². The average molecular weight is 412 g/mol. The van der Waals surface area contributed by atoms with Crippen molar-refractivity contribution in [1.82, 2.24) is 9.55 Å². The van der Waals surface area contributed by atoms with Crippen LogP contribution in [0.5, 0.6) is 0 Å². The first-order valence-electron chi connectivity index (χ1n) is 5.97. The molecule has 3 N–H and O–H groups in total. The number of esters is 1. The number of aromatic nitrogens is 2. The number of carbonyl (C=O) groups is 1. The summed E-state index contributed by atoms with van der Waals surface area (Å²) >= 11 is 1.74. The predicted octanol–water partition coefficient (Wildman–Crippen LogP) is -1.68. The zero-order valence-electron chi connectivity index (χ0n) is 10.9. The van der Waals surface area contributed by atoms with Gasteiger partial charge in [-0.2, -0.15) is 0 Å². The third kappa shape index (κ3) is 3.33. The third-order valence-electron chi connectivity index (χ3n) is 2.97.